The third-order valence-electron chi connectivity index (χ3n) is 1.95. The van der Waals surface area contributed by atoms with Gasteiger partial charge < -0.3 is 10.8 Å². The Morgan fingerprint density at radius 1 is 1.53 bits per heavy atom. The predicted octanol–water partition coefficient (Wildman–Crippen LogP) is 1.63. The minimum Gasteiger partial charge on any atom is -0.502 e. The first-order chi connectivity index (χ1) is 6.73. The van der Waals surface area contributed by atoms with Crippen molar-refractivity contribution in [1.82, 2.24) is 0 Å². The Labute approximate surface area is 85.5 Å². The van der Waals surface area contributed by atoms with Crippen LogP contribution in [0.3, 0.4) is 0 Å². The van der Waals surface area contributed by atoms with Gasteiger partial charge in [0.15, 0.2) is 5.75 Å². The van der Waals surface area contributed by atoms with Gasteiger partial charge in [0.25, 0.3) is 0 Å². The van der Waals surface area contributed by atoms with Crippen molar-refractivity contribution in [3.8, 4) is 5.75 Å². The molecule has 15 heavy (non-hydrogen) atoms. The summed E-state index contributed by atoms with van der Waals surface area (Å²) < 4.78 is 13.0. The first kappa shape index (κ1) is 11.4. The molecular formula is C9H11FN2O3. The van der Waals surface area contributed by atoms with Crippen LogP contribution in [0, 0.1) is 15.9 Å². The quantitative estimate of drug-likeness (QED) is 0.578. The van der Waals surface area contributed by atoms with E-state index in [0.29, 0.717) is 6.07 Å². The smallest absolute Gasteiger partial charge is 0.313 e. The number of rotatable bonds is 2. The number of halogens is 1. The van der Waals surface area contributed by atoms with Gasteiger partial charge in [-0.25, -0.2) is 4.39 Å². The normalized spacial score (nSPS) is 11.5. The SMILES string of the molecule is CC(C)(N)c1cc(F)cc([N+](=O)[O-])c1O. The number of aromatic hydroxyl groups is 1. The lowest BCUT2D eigenvalue weighted by Gasteiger charge is -2.20. The zero-order valence-corrected chi connectivity index (χ0v) is 8.32. The van der Waals surface area contributed by atoms with Crippen molar-refractivity contribution >= 4 is 5.69 Å². The number of nitrogens with two attached hydrogens (primary N) is 1. The maximum atomic E-state index is 13.0. The molecule has 0 bridgehead atoms. The fraction of sp³-hybridized carbons (Fsp3) is 0.333. The monoisotopic (exact) mass is 214 g/mol. The van der Waals surface area contributed by atoms with E-state index in [0.717, 1.165) is 6.07 Å². The molecule has 82 valence electrons. The molecule has 0 spiro atoms. The lowest BCUT2D eigenvalue weighted by atomic mass is 9.94. The highest BCUT2D eigenvalue weighted by Crippen LogP contribution is 2.35. The maximum Gasteiger partial charge on any atom is 0.313 e. The van der Waals surface area contributed by atoms with Crippen LogP contribution in [0.4, 0.5) is 10.1 Å². The number of nitrogens with zero attached hydrogens (tertiary/aromatic N) is 1. The van der Waals surface area contributed by atoms with Crippen molar-refractivity contribution < 1.29 is 14.4 Å². The molecule has 0 heterocycles. The molecule has 0 fully saturated rings. The maximum absolute atomic E-state index is 13.0. The van der Waals surface area contributed by atoms with Gasteiger partial charge in [-0.3, -0.25) is 10.1 Å². The van der Waals surface area contributed by atoms with Gasteiger partial charge in [0.1, 0.15) is 5.82 Å². The van der Waals surface area contributed by atoms with Gasteiger partial charge >= 0.3 is 5.69 Å². The summed E-state index contributed by atoms with van der Waals surface area (Å²) in [6.07, 6.45) is 0. The van der Waals surface area contributed by atoms with E-state index in [1.54, 1.807) is 0 Å². The van der Waals surface area contributed by atoms with Gasteiger partial charge in [-0.2, -0.15) is 0 Å². The van der Waals surface area contributed by atoms with Crippen molar-refractivity contribution in [2.45, 2.75) is 19.4 Å². The van der Waals surface area contributed by atoms with Crippen LogP contribution in [-0.2, 0) is 5.54 Å². The van der Waals surface area contributed by atoms with E-state index >= 15 is 0 Å². The first-order valence-corrected chi connectivity index (χ1v) is 4.19. The van der Waals surface area contributed by atoms with Gasteiger partial charge in [0, 0.05) is 11.1 Å². The largest absolute Gasteiger partial charge is 0.502 e. The average molecular weight is 214 g/mol. The van der Waals surface area contributed by atoms with Crippen molar-refractivity contribution in [2.24, 2.45) is 5.73 Å². The molecule has 0 unspecified atom stereocenters. The van der Waals surface area contributed by atoms with E-state index < -0.39 is 27.7 Å². The van der Waals surface area contributed by atoms with E-state index in [1.807, 2.05) is 0 Å². The summed E-state index contributed by atoms with van der Waals surface area (Å²) in [5.41, 5.74) is 3.93. The fourth-order valence-corrected chi connectivity index (χ4v) is 1.22. The summed E-state index contributed by atoms with van der Waals surface area (Å²) in [7, 11) is 0. The van der Waals surface area contributed by atoms with E-state index in [4.69, 9.17) is 5.73 Å². The van der Waals surface area contributed by atoms with E-state index in [-0.39, 0.29) is 5.56 Å². The average Bonchev–Trinajstić information content (AvgIpc) is 2.06. The molecule has 0 aliphatic carbocycles. The topological polar surface area (TPSA) is 89.4 Å². The highest BCUT2D eigenvalue weighted by molar-refractivity contribution is 5.53. The van der Waals surface area contributed by atoms with Crippen LogP contribution in [-0.4, -0.2) is 10.0 Å². The first-order valence-electron chi connectivity index (χ1n) is 4.19. The van der Waals surface area contributed by atoms with Gasteiger partial charge in [0.2, 0.25) is 0 Å². The second kappa shape index (κ2) is 3.47. The molecule has 3 N–H and O–H groups in total. The Morgan fingerprint density at radius 2 is 2.07 bits per heavy atom. The zero-order chi connectivity index (χ0) is 11.8. The van der Waals surface area contributed by atoms with Gasteiger partial charge in [0.05, 0.1) is 11.0 Å². The lowest BCUT2D eigenvalue weighted by molar-refractivity contribution is -0.386. The van der Waals surface area contributed by atoms with E-state index in [2.05, 4.69) is 0 Å². The molecule has 0 radical (unpaired) electrons. The van der Waals surface area contributed by atoms with E-state index in [9.17, 15) is 19.6 Å². The van der Waals surface area contributed by atoms with Crippen molar-refractivity contribution in [1.29, 1.82) is 0 Å². The molecule has 1 rings (SSSR count). The molecule has 0 amide bonds. The number of nitro benzene ring substituents is 1. The summed E-state index contributed by atoms with van der Waals surface area (Å²) in [5.74, 6) is -1.39. The highest BCUT2D eigenvalue weighted by atomic mass is 19.1. The lowest BCUT2D eigenvalue weighted by Crippen LogP contribution is -2.29. The third-order valence-corrected chi connectivity index (χ3v) is 1.95. The predicted molar refractivity (Wildman–Crippen MR) is 51.9 cm³/mol. The van der Waals surface area contributed by atoms with Crippen molar-refractivity contribution in [2.75, 3.05) is 0 Å². The van der Waals surface area contributed by atoms with Crippen LogP contribution in [0.5, 0.6) is 5.75 Å². The van der Waals surface area contributed by atoms with Crippen molar-refractivity contribution in [3.63, 3.8) is 0 Å². The summed E-state index contributed by atoms with van der Waals surface area (Å²) >= 11 is 0. The number of hydrogen-bond donors (Lipinski definition) is 2. The molecule has 1 aromatic rings. The van der Waals surface area contributed by atoms with Crippen molar-refractivity contribution in [3.05, 3.63) is 33.6 Å². The standard InChI is InChI=1S/C9H11FN2O3/c1-9(2,11)6-3-5(10)4-7(8(6)13)12(14)15/h3-4,13H,11H2,1-2H3. The minimum atomic E-state index is -1.04. The Kier molecular flexibility index (Phi) is 2.63. The second-order valence-electron chi connectivity index (χ2n) is 3.80. The van der Waals surface area contributed by atoms with Gasteiger partial charge in [-0.15, -0.1) is 0 Å². The van der Waals surface area contributed by atoms with Crippen LogP contribution in [0.1, 0.15) is 19.4 Å². The molecule has 6 heteroatoms. The molecule has 0 saturated heterocycles. The zero-order valence-electron chi connectivity index (χ0n) is 8.32. The molecule has 0 aliphatic heterocycles. The molecule has 0 saturated carbocycles. The van der Waals surface area contributed by atoms with Gasteiger partial charge in [-0.1, -0.05) is 0 Å². The molecule has 5 nitrogen and oxygen atoms in total. The summed E-state index contributed by atoms with van der Waals surface area (Å²) in [4.78, 5) is 9.64. The molecular weight excluding hydrogens is 203 g/mol. The second-order valence-corrected chi connectivity index (χ2v) is 3.80. The molecule has 1 aromatic carbocycles. The number of phenols is 1. The Morgan fingerprint density at radius 3 is 2.47 bits per heavy atom. The summed E-state index contributed by atoms with van der Waals surface area (Å²) in [6, 6.07) is 1.65. The number of nitro groups is 1. The van der Waals surface area contributed by atoms with Crippen LogP contribution in [0.2, 0.25) is 0 Å². The Hall–Kier alpha value is -1.69. The van der Waals surface area contributed by atoms with Crippen LogP contribution < -0.4 is 5.73 Å². The Balaban J connectivity index is 3.49. The molecule has 0 aromatic heterocycles. The minimum absolute atomic E-state index is 0.00852. The number of phenolic OH excluding ortho intramolecular Hbond substituents is 1. The van der Waals surface area contributed by atoms with Crippen LogP contribution in [0.15, 0.2) is 12.1 Å². The van der Waals surface area contributed by atoms with Crippen LogP contribution in [0.25, 0.3) is 0 Å². The van der Waals surface area contributed by atoms with E-state index in [1.165, 1.54) is 13.8 Å². The molecule has 0 atom stereocenters. The van der Waals surface area contributed by atoms with Gasteiger partial charge in [-0.05, 0) is 19.9 Å². The molecule has 0 aliphatic rings. The number of hydrogen-bond acceptors (Lipinski definition) is 4. The highest BCUT2D eigenvalue weighted by Gasteiger charge is 2.26. The summed E-state index contributed by atoms with van der Waals surface area (Å²) in [5, 5.41) is 20.0. The fourth-order valence-electron chi connectivity index (χ4n) is 1.22. The van der Waals surface area contributed by atoms with Crippen LogP contribution >= 0.6 is 0 Å². The third kappa shape index (κ3) is 2.21. The summed E-state index contributed by atoms with van der Waals surface area (Å²) in [6.45, 7) is 3.04. The Bertz CT molecular complexity index is 413. The number of benzene rings is 1.